The summed E-state index contributed by atoms with van der Waals surface area (Å²) in [6.45, 7) is 1.70. The maximum atomic E-state index is 13.6. The van der Waals surface area contributed by atoms with Crippen molar-refractivity contribution >= 4 is 34.6 Å². The van der Waals surface area contributed by atoms with Crippen molar-refractivity contribution in [2.45, 2.75) is 69.3 Å². The number of amides is 3. The number of nitrogens with one attached hydrogen (secondary N) is 5. The molecule has 0 saturated heterocycles. The van der Waals surface area contributed by atoms with E-state index in [4.69, 9.17) is 11.5 Å². The van der Waals surface area contributed by atoms with Gasteiger partial charge in [-0.15, -0.1) is 0 Å². The first kappa shape index (κ1) is 31.3. The number of carbonyl (C=O) groups excluding carboxylic acids is 3. The molecule has 5 unspecified atom stereocenters. The van der Waals surface area contributed by atoms with Crippen molar-refractivity contribution in [3.8, 4) is 0 Å². The number of aromatic amines is 2. The predicted molar refractivity (Wildman–Crippen MR) is 150 cm³/mol. The van der Waals surface area contributed by atoms with Crippen LogP contribution in [0.1, 0.15) is 37.4 Å². The highest BCUT2D eigenvalue weighted by molar-refractivity contribution is 5.95. The van der Waals surface area contributed by atoms with Crippen LogP contribution in [0.3, 0.4) is 0 Å². The fraction of sp³-hybridized carbons (Fsp3) is 0.444. The van der Waals surface area contributed by atoms with Crippen LogP contribution < -0.4 is 27.4 Å². The van der Waals surface area contributed by atoms with Crippen molar-refractivity contribution in [2.24, 2.45) is 11.5 Å². The minimum Gasteiger partial charge on any atom is -0.480 e. The second-order valence-electron chi connectivity index (χ2n) is 9.92. The third-order valence-corrected chi connectivity index (χ3v) is 6.70. The van der Waals surface area contributed by atoms with Crippen molar-refractivity contribution in [3.05, 3.63) is 54.2 Å². The molecule has 0 spiro atoms. The van der Waals surface area contributed by atoms with Gasteiger partial charge in [-0.1, -0.05) is 24.6 Å². The molecule has 5 atom stereocenters. The van der Waals surface area contributed by atoms with Gasteiger partial charge in [-0.3, -0.25) is 14.4 Å². The minimum absolute atomic E-state index is 0.00291. The summed E-state index contributed by atoms with van der Waals surface area (Å²) in [5.74, 6) is -3.48. The number of aromatic nitrogens is 3. The largest absolute Gasteiger partial charge is 0.480 e. The third-order valence-electron chi connectivity index (χ3n) is 6.70. The molecule has 3 amide bonds. The Kier molecular flexibility index (Phi) is 11.4. The molecule has 0 aliphatic rings. The van der Waals surface area contributed by atoms with E-state index in [1.807, 2.05) is 24.3 Å². The van der Waals surface area contributed by atoms with Crippen LogP contribution in [0.4, 0.5) is 0 Å². The number of aliphatic hydroxyl groups is 1. The Balaban J connectivity index is 1.85. The van der Waals surface area contributed by atoms with Crippen molar-refractivity contribution in [1.29, 1.82) is 0 Å². The first-order valence-electron chi connectivity index (χ1n) is 13.4. The lowest BCUT2D eigenvalue weighted by molar-refractivity contribution is -0.145. The Hall–Kier alpha value is -4.27. The Bertz CT molecular complexity index is 1310. The molecule has 2 heterocycles. The molecule has 41 heavy (non-hydrogen) atoms. The highest BCUT2D eigenvalue weighted by Crippen LogP contribution is 2.19. The summed E-state index contributed by atoms with van der Waals surface area (Å²) >= 11 is 0. The summed E-state index contributed by atoms with van der Waals surface area (Å²) in [7, 11) is 0. The second kappa shape index (κ2) is 14.9. The predicted octanol–water partition coefficient (Wildman–Crippen LogP) is -0.948. The fourth-order valence-electron chi connectivity index (χ4n) is 4.39. The number of aliphatic hydroxyl groups excluding tert-OH is 1. The Morgan fingerprint density at radius 2 is 1.66 bits per heavy atom. The lowest BCUT2D eigenvalue weighted by Crippen LogP contribution is -2.59. The number of rotatable bonds is 16. The molecule has 14 heteroatoms. The Morgan fingerprint density at radius 3 is 2.32 bits per heavy atom. The van der Waals surface area contributed by atoms with Crippen LogP contribution in [0.15, 0.2) is 43.0 Å². The number of hydrogen-bond acceptors (Lipinski definition) is 8. The van der Waals surface area contributed by atoms with E-state index in [1.54, 1.807) is 6.20 Å². The van der Waals surface area contributed by atoms with Crippen molar-refractivity contribution in [1.82, 2.24) is 30.9 Å². The summed E-state index contributed by atoms with van der Waals surface area (Å²) in [5.41, 5.74) is 13.6. The van der Waals surface area contributed by atoms with Crippen LogP contribution in [0, 0.1) is 0 Å². The zero-order valence-corrected chi connectivity index (χ0v) is 22.8. The normalized spacial score (nSPS) is 14.9. The number of carbonyl (C=O) groups is 4. The fourth-order valence-corrected chi connectivity index (χ4v) is 4.39. The number of carboxylic acids is 1. The highest BCUT2D eigenvalue weighted by Gasteiger charge is 2.32. The first-order chi connectivity index (χ1) is 19.6. The average Bonchev–Trinajstić information content (AvgIpc) is 3.60. The first-order valence-corrected chi connectivity index (χ1v) is 13.4. The van der Waals surface area contributed by atoms with E-state index < -0.39 is 54.0 Å². The van der Waals surface area contributed by atoms with Gasteiger partial charge in [-0.05, 0) is 37.9 Å². The molecule has 222 valence electrons. The van der Waals surface area contributed by atoms with Gasteiger partial charge in [0, 0.05) is 41.8 Å². The standard InChI is InChI=1S/C27H38N8O6/c1-15(36)23(27(40)41)35-26(39)21(10-16-12-31-20-8-3-2-6-18(16)20)34-25(38)22(11-17-13-30-14-32-17)33-24(37)19(29)7-4-5-9-28/h2-3,6,8,12-15,19,21-23,31,36H,4-5,7,9-11,28-29H2,1H3,(H,30,32)(H,33,37)(H,34,38)(H,35,39)(H,40,41). The number of unbranched alkanes of at least 4 members (excludes halogenated alkanes) is 1. The number of fused-ring (bicyclic) bond motifs is 1. The number of H-pyrrole nitrogens is 2. The van der Waals surface area contributed by atoms with Gasteiger partial charge in [0.05, 0.1) is 18.5 Å². The monoisotopic (exact) mass is 570 g/mol. The number of carboxylic acid groups (broad SMARTS) is 1. The molecule has 0 bridgehead atoms. The number of para-hydroxylation sites is 1. The van der Waals surface area contributed by atoms with Crippen molar-refractivity contribution in [3.63, 3.8) is 0 Å². The van der Waals surface area contributed by atoms with Crippen LogP contribution in [0.5, 0.6) is 0 Å². The Labute approximate surface area is 236 Å². The summed E-state index contributed by atoms with van der Waals surface area (Å²) in [5, 5.41) is 27.8. The SMILES string of the molecule is CC(O)C(NC(=O)C(Cc1c[nH]c2ccccc12)NC(=O)C(Cc1cnc[nH]1)NC(=O)C(N)CCCCN)C(=O)O. The molecule has 11 N–H and O–H groups in total. The van der Waals surface area contributed by atoms with Crippen LogP contribution >= 0.6 is 0 Å². The molecule has 0 aliphatic heterocycles. The second-order valence-corrected chi connectivity index (χ2v) is 9.92. The number of benzene rings is 1. The smallest absolute Gasteiger partial charge is 0.328 e. The minimum atomic E-state index is -1.60. The Morgan fingerprint density at radius 1 is 0.976 bits per heavy atom. The average molecular weight is 571 g/mol. The molecule has 0 aliphatic carbocycles. The summed E-state index contributed by atoms with van der Waals surface area (Å²) in [6, 6.07) is 2.53. The van der Waals surface area contributed by atoms with Gasteiger partial charge < -0.3 is 47.6 Å². The number of aliphatic carboxylic acids is 1. The van der Waals surface area contributed by atoms with Gasteiger partial charge in [0.25, 0.3) is 0 Å². The molecule has 14 nitrogen and oxygen atoms in total. The molecule has 0 radical (unpaired) electrons. The zero-order valence-electron chi connectivity index (χ0n) is 22.8. The van der Waals surface area contributed by atoms with E-state index in [1.165, 1.54) is 19.4 Å². The molecule has 3 rings (SSSR count). The third kappa shape index (κ3) is 8.86. The van der Waals surface area contributed by atoms with E-state index in [-0.39, 0.29) is 12.8 Å². The maximum Gasteiger partial charge on any atom is 0.328 e. The van der Waals surface area contributed by atoms with Crippen LogP contribution in [-0.2, 0) is 32.0 Å². The molecule has 1 aromatic carbocycles. The van der Waals surface area contributed by atoms with E-state index >= 15 is 0 Å². The highest BCUT2D eigenvalue weighted by atomic mass is 16.4. The van der Waals surface area contributed by atoms with E-state index in [9.17, 15) is 29.4 Å². The molecule has 0 saturated carbocycles. The van der Waals surface area contributed by atoms with Crippen LogP contribution in [-0.4, -0.2) is 85.7 Å². The van der Waals surface area contributed by atoms with Gasteiger partial charge >= 0.3 is 5.97 Å². The van der Waals surface area contributed by atoms with Gasteiger partial charge in [0.1, 0.15) is 12.1 Å². The van der Waals surface area contributed by atoms with Gasteiger partial charge in [-0.2, -0.15) is 0 Å². The van der Waals surface area contributed by atoms with Gasteiger partial charge in [0.2, 0.25) is 17.7 Å². The summed E-state index contributed by atoms with van der Waals surface area (Å²) < 4.78 is 0. The number of nitrogens with zero attached hydrogens (tertiary/aromatic N) is 1. The van der Waals surface area contributed by atoms with E-state index in [0.29, 0.717) is 37.1 Å². The number of hydrogen-bond donors (Lipinski definition) is 9. The molecular weight excluding hydrogens is 532 g/mol. The van der Waals surface area contributed by atoms with Gasteiger partial charge in [0.15, 0.2) is 6.04 Å². The van der Waals surface area contributed by atoms with Crippen LogP contribution in [0.25, 0.3) is 10.9 Å². The van der Waals surface area contributed by atoms with Crippen LogP contribution in [0.2, 0.25) is 0 Å². The lowest BCUT2D eigenvalue weighted by Gasteiger charge is -2.25. The van der Waals surface area contributed by atoms with Gasteiger partial charge in [-0.25, -0.2) is 9.78 Å². The van der Waals surface area contributed by atoms with Crippen molar-refractivity contribution in [2.75, 3.05) is 6.54 Å². The topological polar surface area (TPSA) is 241 Å². The van der Waals surface area contributed by atoms with E-state index in [2.05, 4.69) is 30.9 Å². The number of imidazole rings is 1. The summed E-state index contributed by atoms with van der Waals surface area (Å²) in [6.07, 6.45) is 4.99. The molecule has 3 aromatic rings. The van der Waals surface area contributed by atoms with Crippen molar-refractivity contribution < 1.29 is 29.4 Å². The number of nitrogens with two attached hydrogens (primary N) is 2. The van der Waals surface area contributed by atoms with E-state index in [0.717, 1.165) is 10.9 Å². The summed E-state index contributed by atoms with van der Waals surface area (Å²) in [4.78, 5) is 61.3. The molecular formula is C27H38N8O6. The lowest BCUT2D eigenvalue weighted by atomic mass is 10.0. The quantitative estimate of drug-likeness (QED) is 0.0963. The molecule has 2 aromatic heterocycles. The maximum absolute atomic E-state index is 13.6. The zero-order chi connectivity index (χ0) is 29.9. The molecule has 0 fully saturated rings.